The maximum absolute atomic E-state index is 13.6. The van der Waals surface area contributed by atoms with Crippen molar-refractivity contribution in [2.75, 3.05) is 6.54 Å². The van der Waals surface area contributed by atoms with Gasteiger partial charge >= 0.3 is 6.18 Å². The highest BCUT2D eigenvalue weighted by Crippen LogP contribution is 2.37. The number of carbonyl (C=O) groups is 1. The van der Waals surface area contributed by atoms with Crippen LogP contribution in [0.3, 0.4) is 0 Å². The Morgan fingerprint density at radius 2 is 2.03 bits per heavy atom. The van der Waals surface area contributed by atoms with Crippen LogP contribution in [0.4, 0.5) is 13.2 Å². The van der Waals surface area contributed by atoms with Gasteiger partial charge in [0.05, 0.1) is 16.1 Å². The lowest BCUT2D eigenvalue weighted by atomic mass is 9.85. The number of aryl methyl sites for hydroxylation is 1. The van der Waals surface area contributed by atoms with E-state index < -0.39 is 17.8 Å². The number of nitrogens with zero attached hydrogens (tertiary/aromatic N) is 3. The molecule has 3 aromatic heterocycles. The van der Waals surface area contributed by atoms with Gasteiger partial charge in [0, 0.05) is 24.2 Å². The van der Waals surface area contributed by atoms with E-state index in [1.165, 1.54) is 0 Å². The van der Waals surface area contributed by atoms with Crippen LogP contribution in [-0.4, -0.2) is 27.2 Å². The van der Waals surface area contributed by atoms with Gasteiger partial charge in [0.25, 0.3) is 11.5 Å². The van der Waals surface area contributed by atoms with Crippen LogP contribution < -0.4 is 10.9 Å². The first kappa shape index (κ1) is 24.3. The summed E-state index contributed by atoms with van der Waals surface area (Å²) >= 11 is 6.50. The van der Waals surface area contributed by atoms with E-state index in [-0.39, 0.29) is 23.1 Å². The lowest BCUT2D eigenvalue weighted by Gasteiger charge is -2.31. The van der Waals surface area contributed by atoms with E-state index in [0.29, 0.717) is 45.6 Å². The molecule has 1 fully saturated rings. The molecule has 0 spiro atoms. The zero-order valence-electron chi connectivity index (χ0n) is 19.2. The number of nitrogens with one attached hydrogen (secondary N) is 1. The van der Waals surface area contributed by atoms with Crippen molar-refractivity contribution in [3.63, 3.8) is 0 Å². The lowest BCUT2D eigenvalue weighted by Crippen LogP contribution is -2.35. The molecule has 2 unspecified atom stereocenters. The van der Waals surface area contributed by atoms with Crippen molar-refractivity contribution in [3.05, 3.63) is 68.9 Å². The van der Waals surface area contributed by atoms with Gasteiger partial charge in [0.1, 0.15) is 22.4 Å². The normalized spacial score (nSPS) is 18.6. The SMILES string of the molecule is Cc1onc2c1c(=O)n(C1CCCC(CNC(=O)c3ccc(C(F)(F)F)nc3)C1)c1cccc(Cl)c21. The van der Waals surface area contributed by atoms with Crippen LogP contribution in [0.2, 0.25) is 5.02 Å². The summed E-state index contributed by atoms with van der Waals surface area (Å²) in [5, 5.41) is 8.42. The number of halogens is 4. The monoisotopic (exact) mass is 518 g/mol. The number of benzene rings is 1. The van der Waals surface area contributed by atoms with Crippen molar-refractivity contribution >= 4 is 39.3 Å². The van der Waals surface area contributed by atoms with E-state index >= 15 is 0 Å². The number of rotatable bonds is 4. The fourth-order valence-electron chi connectivity index (χ4n) is 5.05. The third-order valence-electron chi connectivity index (χ3n) is 6.77. The summed E-state index contributed by atoms with van der Waals surface area (Å²) < 4.78 is 45.3. The van der Waals surface area contributed by atoms with Crippen molar-refractivity contribution in [2.45, 2.75) is 44.8 Å². The highest BCUT2D eigenvalue weighted by molar-refractivity contribution is 6.37. The van der Waals surface area contributed by atoms with Crippen molar-refractivity contribution in [2.24, 2.45) is 5.92 Å². The summed E-state index contributed by atoms with van der Waals surface area (Å²) in [6.45, 7) is 2.03. The molecule has 1 aliphatic rings. The van der Waals surface area contributed by atoms with Gasteiger partial charge in [-0.05, 0) is 56.4 Å². The smallest absolute Gasteiger partial charge is 0.360 e. The standard InChI is InChI=1S/C25H22ClF3N4O3/c1-13-20-22(32-36-13)21-17(26)6-3-7-18(21)33(24(20)35)16-5-2-4-14(10-16)11-31-23(34)15-8-9-19(30-12-15)25(27,28)29/h3,6-9,12,14,16H,2,4-5,10-11H2,1H3,(H,31,34). The molecule has 1 aliphatic carbocycles. The van der Waals surface area contributed by atoms with Gasteiger partial charge in [-0.1, -0.05) is 29.2 Å². The maximum atomic E-state index is 13.6. The van der Waals surface area contributed by atoms with E-state index in [9.17, 15) is 22.8 Å². The van der Waals surface area contributed by atoms with Crippen LogP contribution in [-0.2, 0) is 6.18 Å². The van der Waals surface area contributed by atoms with Crippen molar-refractivity contribution in [1.29, 1.82) is 0 Å². The van der Waals surface area contributed by atoms with Gasteiger partial charge < -0.3 is 14.4 Å². The summed E-state index contributed by atoms with van der Waals surface area (Å²) in [4.78, 5) is 29.4. The van der Waals surface area contributed by atoms with Gasteiger partial charge in [-0.2, -0.15) is 13.2 Å². The van der Waals surface area contributed by atoms with E-state index in [2.05, 4.69) is 15.5 Å². The Bertz CT molecular complexity index is 1510. The molecule has 1 N–H and O–H groups in total. The summed E-state index contributed by atoms with van der Waals surface area (Å²) in [7, 11) is 0. The first-order valence-electron chi connectivity index (χ1n) is 11.5. The molecule has 1 aromatic carbocycles. The van der Waals surface area contributed by atoms with Crippen molar-refractivity contribution in [3.8, 4) is 0 Å². The molecule has 36 heavy (non-hydrogen) atoms. The highest BCUT2D eigenvalue weighted by atomic mass is 35.5. The molecule has 7 nitrogen and oxygen atoms in total. The Morgan fingerprint density at radius 1 is 1.22 bits per heavy atom. The van der Waals surface area contributed by atoms with Crippen molar-refractivity contribution in [1.82, 2.24) is 20.0 Å². The maximum Gasteiger partial charge on any atom is 0.433 e. The molecule has 2 atom stereocenters. The van der Waals surface area contributed by atoms with Crippen molar-refractivity contribution < 1.29 is 22.5 Å². The lowest BCUT2D eigenvalue weighted by molar-refractivity contribution is -0.141. The Labute approximate surface area is 208 Å². The predicted molar refractivity (Wildman–Crippen MR) is 128 cm³/mol. The topological polar surface area (TPSA) is 90.0 Å². The number of pyridine rings is 2. The number of alkyl halides is 3. The fraction of sp³-hybridized carbons (Fsp3) is 0.360. The second-order valence-corrected chi connectivity index (χ2v) is 9.51. The van der Waals surface area contributed by atoms with Gasteiger partial charge in [0.2, 0.25) is 0 Å². The number of hydrogen-bond donors (Lipinski definition) is 1. The Hall–Kier alpha value is -3.40. The minimum Gasteiger partial charge on any atom is -0.360 e. The van der Waals surface area contributed by atoms with Crippen LogP contribution in [0.15, 0.2) is 45.8 Å². The van der Waals surface area contributed by atoms with Gasteiger partial charge in [-0.25, -0.2) is 0 Å². The molecule has 0 bridgehead atoms. The molecular formula is C25H22ClF3N4O3. The van der Waals surface area contributed by atoms with Crippen LogP contribution in [0.5, 0.6) is 0 Å². The summed E-state index contributed by atoms with van der Waals surface area (Å²) in [6.07, 6.45) is -0.514. The first-order chi connectivity index (χ1) is 17.1. The van der Waals surface area contributed by atoms with E-state index in [1.54, 1.807) is 23.6 Å². The molecule has 0 saturated heterocycles. The third kappa shape index (κ3) is 4.34. The largest absolute Gasteiger partial charge is 0.433 e. The molecule has 1 amide bonds. The zero-order chi connectivity index (χ0) is 25.6. The summed E-state index contributed by atoms with van der Waals surface area (Å²) in [5.74, 6) is 0.0140. The molecule has 3 heterocycles. The van der Waals surface area contributed by atoms with E-state index in [4.69, 9.17) is 16.1 Å². The highest BCUT2D eigenvalue weighted by Gasteiger charge is 2.32. The number of carbonyl (C=O) groups excluding carboxylic acids is 1. The average molecular weight is 519 g/mol. The Kier molecular flexibility index (Phi) is 6.23. The molecule has 4 aromatic rings. The molecule has 188 valence electrons. The second-order valence-electron chi connectivity index (χ2n) is 9.10. The molecule has 5 rings (SSSR count). The predicted octanol–water partition coefficient (Wildman–Crippen LogP) is 5.68. The zero-order valence-corrected chi connectivity index (χ0v) is 20.0. The third-order valence-corrected chi connectivity index (χ3v) is 7.09. The molecule has 1 saturated carbocycles. The second kappa shape index (κ2) is 9.24. The summed E-state index contributed by atoms with van der Waals surface area (Å²) in [6, 6.07) is 7.16. The molecule has 0 radical (unpaired) electrons. The number of aromatic nitrogens is 3. The van der Waals surface area contributed by atoms with E-state index in [1.807, 2.05) is 6.07 Å². The molecule has 11 heteroatoms. The van der Waals surface area contributed by atoms with Crippen LogP contribution in [0, 0.1) is 12.8 Å². The number of hydrogen-bond acceptors (Lipinski definition) is 5. The number of fused-ring (bicyclic) bond motifs is 3. The van der Waals surface area contributed by atoms with Crippen LogP contribution >= 0.6 is 11.6 Å². The first-order valence-corrected chi connectivity index (χ1v) is 11.9. The Balaban J connectivity index is 1.38. The average Bonchev–Trinajstić information content (AvgIpc) is 3.24. The molecular weight excluding hydrogens is 497 g/mol. The van der Waals surface area contributed by atoms with Crippen LogP contribution in [0.25, 0.3) is 21.8 Å². The Morgan fingerprint density at radius 3 is 2.75 bits per heavy atom. The number of amides is 1. The summed E-state index contributed by atoms with van der Waals surface area (Å²) in [5.41, 5.74) is -0.0606. The van der Waals surface area contributed by atoms with Gasteiger partial charge in [-0.15, -0.1) is 0 Å². The minimum atomic E-state index is -4.56. The van der Waals surface area contributed by atoms with E-state index in [0.717, 1.165) is 37.6 Å². The quantitative estimate of drug-likeness (QED) is 0.375. The minimum absolute atomic E-state index is 0.0561. The molecule has 0 aliphatic heterocycles. The van der Waals surface area contributed by atoms with Crippen LogP contribution in [0.1, 0.15) is 53.5 Å². The van der Waals surface area contributed by atoms with Gasteiger partial charge in [-0.3, -0.25) is 14.6 Å². The van der Waals surface area contributed by atoms with Gasteiger partial charge in [0.15, 0.2) is 0 Å². The fourth-order valence-corrected chi connectivity index (χ4v) is 5.31.